The molecule has 0 saturated carbocycles. The number of nitrogens with one attached hydrogen (secondary N) is 2. The van der Waals surface area contributed by atoms with Gasteiger partial charge in [-0.3, -0.25) is 14.4 Å². The summed E-state index contributed by atoms with van der Waals surface area (Å²) in [6.07, 6.45) is 1.75. The first-order valence-electron chi connectivity index (χ1n) is 11.8. The molecule has 1 fully saturated rings. The smallest absolute Gasteiger partial charge is 0.253 e. The Morgan fingerprint density at radius 2 is 1.65 bits per heavy atom. The molecule has 0 bridgehead atoms. The third-order valence-corrected chi connectivity index (χ3v) is 5.60. The van der Waals surface area contributed by atoms with Gasteiger partial charge in [-0.05, 0) is 49.9 Å². The molecule has 4 atom stereocenters. The van der Waals surface area contributed by atoms with E-state index < -0.39 is 30.1 Å². The summed E-state index contributed by atoms with van der Waals surface area (Å²) in [5.74, 6) is -0.102. The van der Waals surface area contributed by atoms with Gasteiger partial charge < -0.3 is 26.4 Å². The van der Waals surface area contributed by atoms with Crippen molar-refractivity contribution >= 4 is 17.7 Å². The Labute approximate surface area is 187 Å². The lowest BCUT2D eigenvalue weighted by Crippen LogP contribution is -2.56. The molecule has 8 heteroatoms. The van der Waals surface area contributed by atoms with Crippen LogP contribution in [0.15, 0.2) is 0 Å². The monoisotopic (exact) mass is 440 g/mol. The highest BCUT2D eigenvalue weighted by atomic mass is 16.3. The Hall–Kier alpha value is -1.67. The maximum atomic E-state index is 13.0. The number of rotatable bonds is 12. The number of hydrogen-bond acceptors (Lipinski definition) is 5. The molecule has 1 saturated heterocycles. The van der Waals surface area contributed by atoms with Crippen molar-refractivity contribution in [2.75, 3.05) is 13.1 Å². The van der Waals surface area contributed by atoms with Crippen LogP contribution in [-0.4, -0.2) is 65.0 Å². The van der Waals surface area contributed by atoms with Crippen LogP contribution >= 0.6 is 0 Å². The predicted molar refractivity (Wildman–Crippen MR) is 122 cm³/mol. The summed E-state index contributed by atoms with van der Waals surface area (Å²) in [6.45, 7) is 13.1. The number of likely N-dealkylation sites (tertiary alicyclic amines) is 1. The molecule has 0 aromatic rings. The van der Waals surface area contributed by atoms with E-state index in [1.54, 1.807) is 0 Å². The molecule has 5 N–H and O–H groups in total. The summed E-state index contributed by atoms with van der Waals surface area (Å²) in [7, 11) is 0. The van der Waals surface area contributed by atoms with Crippen molar-refractivity contribution in [1.29, 1.82) is 0 Å². The summed E-state index contributed by atoms with van der Waals surface area (Å²) in [5.41, 5.74) is 6.00. The number of aliphatic hydroxyl groups is 1. The van der Waals surface area contributed by atoms with Crippen LogP contribution in [-0.2, 0) is 14.4 Å². The van der Waals surface area contributed by atoms with Crippen molar-refractivity contribution < 1.29 is 19.5 Å². The lowest BCUT2D eigenvalue weighted by atomic mass is 9.99. The average molecular weight is 441 g/mol. The maximum Gasteiger partial charge on any atom is 0.253 e. The SMILES string of the molecule is CC(C)CCNC(=O)[C@H](CC(C)C)NC(=O)[C@@H]1CCCN1C(=O)[C@@H](O)[C@H](N)CC(C)C. The van der Waals surface area contributed by atoms with Crippen LogP contribution in [0.25, 0.3) is 0 Å². The zero-order valence-corrected chi connectivity index (χ0v) is 20.2. The lowest BCUT2D eigenvalue weighted by molar-refractivity contribution is -0.146. The second-order valence-corrected chi connectivity index (χ2v) is 10.1. The Morgan fingerprint density at radius 3 is 2.19 bits per heavy atom. The molecule has 0 unspecified atom stereocenters. The first-order chi connectivity index (χ1) is 14.4. The molecule has 1 aliphatic heterocycles. The van der Waals surface area contributed by atoms with E-state index in [-0.39, 0.29) is 23.7 Å². The first-order valence-corrected chi connectivity index (χ1v) is 11.8. The number of nitrogens with two attached hydrogens (primary N) is 1. The van der Waals surface area contributed by atoms with Crippen LogP contribution in [0.3, 0.4) is 0 Å². The molecule has 1 rings (SSSR count). The fourth-order valence-electron chi connectivity index (χ4n) is 3.91. The van der Waals surface area contributed by atoms with E-state index >= 15 is 0 Å². The van der Waals surface area contributed by atoms with Crippen molar-refractivity contribution in [1.82, 2.24) is 15.5 Å². The minimum Gasteiger partial charge on any atom is -0.382 e. The Morgan fingerprint density at radius 1 is 1.03 bits per heavy atom. The van der Waals surface area contributed by atoms with Gasteiger partial charge in [0.15, 0.2) is 0 Å². The number of carbonyl (C=O) groups is 3. The average Bonchev–Trinajstić information content (AvgIpc) is 3.14. The van der Waals surface area contributed by atoms with Crippen molar-refractivity contribution in [2.24, 2.45) is 23.5 Å². The van der Waals surface area contributed by atoms with E-state index in [9.17, 15) is 19.5 Å². The second kappa shape index (κ2) is 13.0. The molecule has 3 amide bonds. The van der Waals surface area contributed by atoms with Gasteiger partial charge in [0.25, 0.3) is 5.91 Å². The van der Waals surface area contributed by atoms with Gasteiger partial charge >= 0.3 is 0 Å². The standard InChI is InChI=1S/C23H44N4O4/c1-14(2)9-10-25-21(29)18(13-16(5)6)26-22(30)19-8-7-11-27(19)23(31)20(28)17(24)12-15(3)4/h14-20,28H,7-13,24H2,1-6H3,(H,25,29)(H,26,30)/t17-,18+,19+,20+/m1/s1. The number of aliphatic hydroxyl groups excluding tert-OH is 1. The number of nitrogens with zero attached hydrogens (tertiary/aromatic N) is 1. The van der Waals surface area contributed by atoms with Gasteiger partial charge in [0.05, 0.1) is 0 Å². The predicted octanol–water partition coefficient (Wildman–Crippen LogP) is 1.40. The molecule has 8 nitrogen and oxygen atoms in total. The van der Waals surface area contributed by atoms with Gasteiger partial charge in [0, 0.05) is 19.1 Å². The fourth-order valence-corrected chi connectivity index (χ4v) is 3.91. The molecule has 0 aliphatic carbocycles. The summed E-state index contributed by atoms with van der Waals surface area (Å²) in [6, 6.07) is -2.01. The third kappa shape index (κ3) is 9.15. The van der Waals surface area contributed by atoms with E-state index in [1.807, 2.05) is 27.7 Å². The molecule has 31 heavy (non-hydrogen) atoms. The summed E-state index contributed by atoms with van der Waals surface area (Å²) in [5, 5.41) is 16.2. The van der Waals surface area contributed by atoms with E-state index in [1.165, 1.54) is 4.90 Å². The van der Waals surface area contributed by atoms with Crippen LogP contribution < -0.4 is 16.4 Å². The van der Waals surface area contributed by atoms with Gasteiger partial charge in [-0.1, -0.05) is 41.5 Å². The number of carbonyl (C=O) groups excluding carboxylic acids is 3. The van der Waals surface area contributed by atoms with Gasteiger partial charge in [0.1, 0.15) is 18.2 Å². The van der Waals surface area contributed by atoms with Crippen LogP contribution in [0, 0.1) is 17.8 Å². The van der Waals surface area contributed by atoms with Crippen LogP contribution in [0.1, 0.15) is 73.6 Å². The van der Waals surface area contributed by atoms with E-state index in [4.69, 9.17) is 5.73 Å². The number of amides is 3. The van der Waals surface area contributed by atoms with Crippen LogP contribution in [0.5, 0.6) is 0 Å². The van der Waals surface area contributed by atoms with Gasteiger partial charge in [0.2, 0.25) is 11.8 Å². The van der Waals surface area contributed by atoms with E-state index in [0.29, 0.717) is 44.7 Å². The van der Waals surface area contributed by atoms with Crippen molar-refractivity contribution in [2.45, 2.75) is 97.9 Å². The Bertz CT molecular complexity index is 594. The maximum absolute atomic E-state index is 13.0. The molecule has 1 heterocycles. The van der Waals surface area contributed by atoms with Crippen LogP contribution in [0.4, 0.5) is 0 Å². The third-order valence-electron chi connectivity index (χ3n) is 5.60. The topological polar surface area (TPSA) is 125 Å². The molecule has 0 aromatic carbocycles. The van der Waals surface area contributed by atoms with Crippen molar-refractivity contribution in [3.05, 3.63) is 0 Å². The highest BCUT2D eigenvalue weighted by molar-refractivity contribution is 5.93. The Balaban J connectivity index is 2.79. The Kier molecular flexibility index (Phi) is 11.5. The number of hydrogen-bond donors (Lipinski definition) is 4. The molecule has 1 aliphatic rings. The van der Waals surface area contributed by atoms with Gasteiger partial charge in [-0.25, -0.2) is 0 Å². The van der Waals surface area contributed by atoms with Gasteiger partial charge in [-0.2, -0.15) is 0 Å². The molecular weight excluding hydrogens is 396 g/mol. The molecule has 180 valence electrons. The normalized spacial score (nSPS) is 19.6. The first kappa shape index (κ1) is 27.4. The zero-order valence-electron chi connectivity index (χ0n) is 20.2. The van der Waals surface area contributed by atoms with E-state index in [0.717, 1.165) is 6.42 Å². The second-order valence-electron chi connectivity index (χ2n) is 10.1. The van der Waals surface area contributed by atoms with Gasteiger partial charge in [-0.15, -0.1) is 0 Å². The quantitative estimate of drug-likeness (QED) is 0.365. The van der Waals surface area contributed by atoms with E-state index in [2.05, 4.69) is 24.5 Å². The molecule has 0 aromatic heterocycles. The minimum absolute atomic E-state index is 0.197. The summed E-state index contributed by atoms with van der Waals surface area (Å²) in [4.78, 5) is 39.9. The zero-order chi connectivity index (χ0) is 23.7. The largest absolute Gasteiger partial charge is 0.382 e. The van der Waals surface area contributed by atoms with Crippen molar-refractivity contribution in [3.8, 4) is 0 Å². The molecule has 0 radical (unpaired) electrons. The summed E-state index contributed by atoms with van der Waals surface area (Å²) < 4.78 is 0. The highest BCUT2D eigenvalue weighted by Crippen LogP contribution is 2.21. The fraction of sp³-hybridized carbons (Fsp3) is 0.870. The lowest BCUT2D eigenvalue weighted by Gasteiger charge is -2.30. The highest BCUT2D eigenvalue weighted by Gasteiger charge is 2.39. The summed E-state index contributed by atoms with van der Waals surface area (Å²) >= 11 is 0. The minimum atomic E-state index is -1.33. The van der Waals surface area contributed by atoms with Crippen molar-refractivity contribution in [3.63, 3.8) is 0 Å². The molecular formula is C23H44N4O4. The van der Waals surface area contributed by atoms with Crippen LogP contribution in [0.2, 0.25) is 0 Å². The molecule has 0 spiro atoms.